The van der Waals surface area contributed by atoms with Gasteiger partial charge in [-0.2, -0.15) is 0 Å². The van der Waals surface area contributed by atoms with E-state index in [2.05, 4.69) is 15.2 Å². The molecular weight excluding hydrogens is 401 g/mol. The van der Waals surface area contributed by atoms with E-state index in [9.17, 15) is 4.79 Å². The molecule has 4 rings (SSSR count). The lowest BCUT2D eigenvalue weighted by atomic mass is 10.1. The fourth-order valence-electron chi connectivity index (χ4n) is 3.23. The smallest absolute Gasteiger partial charge is 0.256 e. The second kappa shape index (κ2) is 7.41. The zero-order chi connectivity index (χ0) is 19.8. The van der Waals surface area contributed by atoms with Gasteiger partial charge in [-0.05, 0) is 31.2 Å². The number of halogens is 2. The largest absolute Gasteiger partial charge is 0.495 e. The molecule has 1 atom stereocenters. The van der Waals surface area contributed by atoms with Crippen LogP contribution in [0.4, 0.5) is 0 Å². The van der Waals surface area contributed by atoms with Gasteiger partial charge >= 0.3 is 0 Å². The quantitative estimate of drug-likeness (QED) is 0.649. The zero-order valence-electron chi connectivity index (χ0n) is 15.3. The highest BCUT2D eigenvalue weighted by atomic mass is 35.5. The number of rotatable bonds is 3. The SMILES string of the molecule is COc1ccc(-c2nnc3n2C[C@H](C)N(C(=O)c2cccc(Cl)c2Cl)C3)nc1. The number of hydrogen-bond acceptors (Lipinski definition) is 5. The van der Waals surface area contributed by atoms with Crippen molar-refractivity contribution in [3.63, 3.8) is 0 Å². The minimum Gasteiger partial charge on any atom is -0.495 e. The molecule has 3 heterocycles. The fourth-order valence-corrected chi connectivity index (χ4v) is 3.61. The molecule has 7 nitrogen and oxygen atoms in total. The average Bonchev–Trinajstić information content (AvgIpc) is 3.11. The van der Waals surface area contributed by atoms with Crippen LogP contribution in [0, 0.1) is 0 Å². The van der Waals surface area contributed by atoms with Gasteiger partial charge in [0.1, 0.15) is 11.4 Å². The first-order valence-corrected chi connectivity index (χ1v) is 9.42. The monoisotopic (exact) mass is 417 g/mol. The van der Waals surface area contributed by atoms with Crippen molar-refractivity contribution >= 4 is 29.1 Å². The predicted molar refractivity (Wildman–Crippen MR) is 106 cm³/mol. The maximum Gasteiger partial charge on any atom is 0.256 e. The summed E-state index contributed by atoms with van der Waals surface area (Å²) in [7, 11) is 1.59. The number of carbonyl (C=O) groups is 1. The van der Waals surface area contributed by atoms with E-state index in [1.807, 2.05) is 23.6 Å². The molecule has 1 amide bonds. The molecule has 1 aliphatic rings. The van der Waals surface area contributed by atoms with Crippen molar-refractivity contribution in [3.05, 3.63) is 58.0 Å². The summed E-state index contributed by atoms with van der Waals surface area (Å²) < 4.78 is 7.14. The molecule has 0 unspecified atom stereocenters. The van der Waals surface area contributed by atoms with Crippen molar-refractivity contribution < 1.29 is 9.53 Å². The first kappa shape index (κ1) is 18.7. The molecule has 0 spiro atoms. The van der Waals surface area contributed by atoms with Crippen LogP contribution in [0.1, 0.15) is 23.1 Å². The molecule has 0 saturated heterocycles. The van der Waals surface area contributed by atoms with Crippen molar-refractivity contribution in [2.45, 2.75) is 26.1 Å². The highest BCUT2D eigenvalue weighted by molar-refractivity contribution is 6.43. The lowest BCUT2D eigenvalue weighted by molar-refractivity contribution is 0.0612. The lowest BCUT2D eigenvalue weighted by Crippen LogP contribution is -2.45. The van der Waals surface area contributed by atoms with Crippen LogP contribution in [-0.4, -0.2) is 43.7 Å². The highest BCUT2D eigenvalue weighted by Gasteiger charge is 2.32. The molecule has 1 aromatic carbocycles. The number of carbonyl (C=O) groups excluding carboxylic acids is 1. The standard InChI is InChI=1S/C19H17Cl2N5O2/c1-11-9-26-16(23-24-18(26)15-7-6-12(28-2)8-22-15)10-25(11)19(27)13-4-3-5-14(20)17(13)21/h3-8,11H,9-10H2,1-2H3/t11-/m0/s1. The van der Waals surface area contributed by atoms with Crippen LogP contribution in [-0.2, 0) is 13.1 Å². The summed E-state index contributed by atoms with van der Waals surface area (Å²) in [5.74, 6) is 1.85. The van der Waals surface area contributed by atoms with E-state index < -0.39 is 0 Å². The topological polar surface area (TPSA) is 73.1 Å². The van der Waals surface area contributed by atoms with Gasteiger partial charge in [0, 0.05) is 12.6 Å². The predicted octanol–water partition coefficient (Wildman–Crippen LogP) is 3.70. The molecule has 0 aliphatic carbocycles. The summed E-state index contributed by atoms with van der Waals surface area (Å²) in [5, 5.41) is 9.16. The van der Waals surface area contributed by atoms with Crippen molar-refractivity contribution in [3.8, 4) is 17.3 Å². The summed E-state index contributed by atoms with van der Waals surface area (Å²) in [6, 6.07) is 8.63. The minimum atomic E-state index is -0.182. The van der Waals surface area contributed by atoms with Gasteiger partial charge in [-0.25, -0.2) is 4.98 Å². The van der Waals surface area contributed by atoms with Gasteiger partial charge in [-0.15, -0.1) is 10.2 Å². The summed E-state index contributed by atoms with van der Waals surface area (Å²) >= 11 is 12.3. The molecular formula is C19H17Cl2N5O2. The Bertz CT molecular complexity index is 1040. The molecule has 2 aromatic heterocycles. The van der Waals surface area contributed by atoms with Crippen LogP contribution in [0.25, 0.3) is 11.5 Å². The normalized spacial score (nSPS) is 16.0. The van der Waals surface area contributed by atoms with Crippen LogP contribution in [0.15, 0.2) is 36.5 Å². The molecule has 28 heavy (non-hydrogen) atoms. The number of hydrogen-bond donors (Lipinski definition) is 0. The summed E-state index contributed by atoms with van der Waals surface area (Å²) in [4.78, 5) is 19.2. The molecule has 9 heteroatoms. The molecule has 0 saturated carbocycles. The Morgan fingerprint density at radius 3 is 2.75 bits per heavy atom. The Morgan fingerprint density at radius 1 is 1.21 bits per heavy atom. The molecule has 0 bridgehead atoms. The van der Waals surface area contributed by atoms with E-state index in [4.69, 9.17) is 27.9 Å². The van der Waals surface area contributed by atoms with Gasteiger partial charge < -0.3 is 14.2 Å². The third kappa shape index (κ3) is 3.21. The van der Waals surface area contributed by atoms with Gasteiger partial charge in [-0.3, -0.25) is 4.79 Å². The first-order chi connectivity index (χ1) is 13.5. The van der Waals surface area contributed by atoms with Crippen LogP contribution in [0.5, 0.6) is 5.75 Å². The number of ether oxygens (including phenoxy) is 1. The minimum absolute atomic E-state index is 0.0805. The highest BCUT2D eigenvalue weighted by Crippen LogP contribution is 2.30. The van der Waals surface area contributed by atoms with Gasteiger partial charge in [0.2, 0.25) is 0 Å². The number of nitrogens with zero attached hydrogens (tertiary/aromatic N) is 5. The molecule has 0 N–H and O–H groups in total. The van der Waals surface area contributed by atoms with Crippen LogP contribution < -0.4 is 4.74 Å². The average molecular weight is 418 g/mol. The Kier molecular flexibility index (Phi) is 4.95. The fraction of sp³-hybridized carbons (Fsp3) is 0.263. The Labute approximate surface area is 171 Å². The third-order valence-corrected chi connectivity index (χ3v) is 5.58. The van der Waals surface area contributed by atoms with Gasteiger partial charge in [0.05, 0.1) is 35.5 Å². The van der Waals surface area contributed by atoms with Crippen molar-refractivity contribution in [1.29, 1.82) is 0 Å². The number of methoxy groups -OCH3 is 1. The van der Waals surface area contributed by atoms with E-state index >= 15 is 0 Å². The number of amides is 1. The molecule has 0 radical (unpaired) electrons. The van der Waals surface area contributed by atoms with Gasteiger partial charge in [0.15, 0.2) is 11.6 Å². The lowest BCUT2D eigenvalue weighted by Gasteiger charge is -2.34. The van der Waals surface area contributed by atoms with E-state index in [1.165, 1.54) is 0 Å². The summed E-state index contributed by atoms with van der Waals surface area (Å²) in [5.41, 5.74) is 1.08. The number of benzene rings is 1. The number of fused-ring (bicyclic) bond motifs is 1. The van der Waals surface area contributed by atoms with Crippen molar-refractivity contribution in [1.82, 2.24) is 24.6 Å². The van der Waals surface area contributed by atoms with E-state index in [0.29, 0.717) is 46.8 Å². The van der Waals surface area contributed by atoms with Crippen molar-refractivity contribution in [2.24, 2.45) is 0 Å². The molecule has 3 aromatic rings. The third-order valence-electron chi connectivity index (χ3n) is 4.76. The first-order valence-electron chi connectivity index (χ1n) is 8.67. The molecule has 1 aliphatic heterocycles. The summed E-state index contributed by atoms with van der Waals surface area (Å²) in [6.45, 7) is 2.85. The van der Waals surface area contributed by atoms with Crippen LogP contribution >= 0.6 is 23.2 Å². The van der Waals surface area contributed by atoms with Crippen LogP contribution in [0.2, 0.25) is 10.0 Å². The zero-order valence-corrected chi connectivity index (χ0v) is 16.8. The van der Waals surface area contributed by atoms with E-state index in [-0.39, 0.29) is 17.0 Å². The summed E-state index contributed by atoms with van der Waals surface area (Å²) in [6.07, 6.45) is 1.64. The second-order valence-electron chi connectivity index (χ2n) is 6.52. The van der Waals surface area contributed by atoms with Crippen molar-refractivity contribution in [2.75, 3.05) is 7.11 Å². The Morgan fingerprint density at radius 2 is 2.04 bits per heavy atom. The maximum absolute atomic E-state index is 13.0. The number of aromatic nitrogens is 4. The van der Waals surface area contributed by atoms with E-state index in [0.717, 1.165) is 0 Å². The molecule has 0 fully saturated rings. The Hall–Kier alpha value is -2.64. The molecule has 144 valence electrons. The Balaban J connectivity index is 1.63. The second-order valence-corrected chi connectivity index (χ2v) is 7.30. The maximum atomic E-state index is 13.0. The van der Waals surface area contributed by atoms with Gasteiger partial charge in [0.25, 0.3) is 5.91 Å². The van der Waals surface area contributed by atoms with Gasteiger partial charge in [-0.1, -0.05) is 29.3 Å². The number of pyridine rings is 1. The van der Waals surface area contributed by atoms with Crippen LogP contribution in [0.3, 0.4) is 0 Å². The van der Waals surface area contributed by atoms with E-state index in [1.54, 1.807) is 36.4 Å².